The molecule has 1 aliphatic carbocycles. The van der Waals surface area contributed by atoms with Gasteiger partial charge in [-0.25, -0.2) is 0 Å². The van der Waals surface area contributed by atoms with E-state index in [-0.39, 0.29) is 18.1 Å². The maximum Gasteiger partial charge on any atom is 0.271 e. The van der Waals surface area contributed by atoms with Crippen molar-refractivity contribution in [1.29, 1.82) is 5.26 Å². The van der Waals surface area contributed by atoms with Gasteiger partial charge in [0, 0.05) is 17.8 Å². The Kier molecular flexibility index (Phi) is 4.94. The summed E-state index contributed by atoms with van der Waals surface area (Å²) >= 11 is 0. The van der Waals surface area contributed by atoms with Gasteiger partial charge in [0.2, 0.25) is 5.91 Å². The smallest absolute Gasteiger partial charge is 0.271 e. The number of carbonyl (C=O) groups is 1. The second-order valence-corrected chi connectivity index (χ2v) is 5.46. The molecule has 0 spiro atoms. The normalized spacial score (nSPS) is 16.3. The highest BCUT2D eigenvalue weighted by Gasteiger charge is 2.33. The zero-order chi connectivity index (χ0) is 16.0. The van der Waals surface area contributed by atoms with Crippen LogP contribution in [0.1, 0.15) is 32.1 Å². The monoisotopic (exact) mass is 302 g/mol. The summed E-state index contributed by atoms with van der Waals surface area (Å²) in [4.78, 5) is 22.2. The molecular formula is C15H18N4O3. The summed E-state index contributed by atoms with van der Waals surface area (Å²) in [7, 11) is 0. The molecular weight excluding hydrogens is 284 g/mol. The summed E-state index contributed by atoms with van der Waals surface area (Å²) in [6.07, 6.45) is 4.31. The zero-order valence-corrected chi connectivity index (χ0v) is 12.2. The largest absolute Gasteiger partial charge is 0.376 e. The van der Waals surface area contributed by atoms with Gasteiger partial charge >= 0.3 is 0 Å². The lowest BCUT2D eigenvalue weighted by Gasteiger charge is -2.31. The van der Waals surface area contributed by atoms with Crippen LogP contribution in [-0.2, 0) is 4.79 Å². The van der Waals surface area contributed by atoms with Crippen LogP contribution in [0.15, 0.2) is 24.3 Å². The molecule has 0 aromatic heterocycles. The Labute approximate surface area is 128 Å². The van der Waals surface area contributed by atoms with Gasteiger partial charge in [-0.1, -0.05) is 25.3 Å². The van der Waals surface area contributed by atoms with Crippen molar-refractivity contribution in [1.82, 2.24) is 5.32 Å². The molecule has 0 atom stereocenters. The van der Waals surface area contributed by atoms with Crippen molar-refractivity contribution in [2.24, 2.45) is 0 Å². The fourth-order valence-corrected chi connectivity index (χ4v) is 2.64. The van der Waals surface area contributed by atoms with E-state index in [0.717, 1.165) is 19.3 Å². The number of nitrogens with one attached hydrogen (secondary N) is 2. The first-order chi connectivity index (χ1) is 10.5. The van der Waals surface area contributed by atoms with Gasteiger partial charge in [-0.15, -0.1) is 0 Å². The van der Waals surface area contributed by atoms with Gasteiger partial charge in [-0.2, -0.15) is 5.26 Å². The number of carbonyl (C=O) groups excluding carboxylic acids is 1. The quantitative estimate of drug-likeness (QED) is 0.641. The van der Waals surface area contributed by atoms with Crippen LogP contribution in [0, 0.1) is 21.4 Å². The average Bonchev–Trinajstić information content (AvgIpc) is 2.54. The van der Waals surface area contributed by atoms with Crippen molar-refractivity contribution < 1.29 is 9.72 Å². The zero-order valence-electron chi connectivity index (χ0n) is 12.2. The summed E-state index contributed by atoms with van der Waals surface area (Å²) in [5.41, 5.74) is -0.301. The standard InChI is InChI=1S/C15H18N4O3/c16-11-15(7-2-1-3-8-15)18-14(20)10-17-12-5-4-6-13(9-12)19(21)22/h4-6,9,17H,1-3,7-8,10H2,(H,18,20). The number of hydrogen-bond acceptors (Lipinski definition) is 5. The Morgan fingerprint density at radius 2 is 2.09 bits per heavy atom. The van der Waals surface area contributed by atoms with Gasteiger partial charge < -0.3 is 10.6 Å². The minimum absolute atomic E-state index is 0.0232. The van der Waals surface area contributed by atoms with Crippen molar-refractivity contribution in [3.63, 3.8) is 0 Å². The highest BCUT2D eigenvalue weighted by molar-refractivity contribution is 5.82. The van der Waals surface area contributed by atoms with Crippen LogP contribution >= 0.6 is 0 Å². The number of nitriles is 1. The van der Waals surface area contributed by atoms with Crippen LogP contribution in [0.3, 0.4) is 0 Å². The lowest BCUT2D eigenvalue weighted by atomic mass is 9.83. The third-order valence-electron chi connectivity index (χ3n) is 3.81. The maximum atomic E-state index is 12.0. The number of amides is 1. The van der Waals surface area contributed by atoms with Gasteiger partial charge in [0.25, 0.3) is 5.69 Å². The fourth-order valence-electron chi connectivity index (χ4n) is 2.64. The van der Waals surface area contributed by atoms with E-state index in [1.807, 2.05) is 0 Å². The lowest BCUT2D eigenvalue weighted by Crippen LogP contribution is -2.50. The van der Waals surface area contributed by atoms with Gasteiger partial charge in [0.15, 0.2) is 0 Å². The molecule has 1 aromatic rings. The highest BCUT2D eigenvalue weighted by atomic mass is 16.6. The molecule has 116 valence electrons. The molecule has 0 unspecified atom stereocenters. The Morgan fingerprint density at radius 3 is 2.73 bits per heavy atom. The molecule has 0 bridgehead atoms. The SMILES string of the molecule is N#CC1(NC(=O)CNc2cccc([N+](=O)[O-])c2)CCCCC1. The molecule has 0 radical (unpaired) electrons. The molecule has 2 rings (SSSR count). The number of hydrogen-bond donors (Lipinski definition) is 2. The van der Waals surface area contributed by atoms with E-state index < -0.39 is 10.5 Å². The minimum atomic E-state index is -0.764. The molecule has 0 aliphatic heterocycles. The molecule has 1 saturated carbocycles. The van der Waals surface area contributed by atoms with Gasteiger partial charge in [-0.05, 0) is 18.9 Å². The molecule has 1 aliphatic rings. The number of nitrogens with zero attached hydrogens (tertiary/aromatic N) is 2. The van der Waals surface area contributed by atoms with Crippen LogP contribution in [-0.4, -0.2) is 22.9 Å². The van der Waals surface area contributed by atoms with E-state index in [0.29, 0.717) is 18.5 Å². The van der Waals surface area contributed by atoms with E-state index in [1.54, 1.807) is 12.1 Å². The molecule has 1 amide bonds. The average molecular weight is 302 g/mol. The summed E-state index contributed by atoms with van der Waals surface area (Å²) < 4.78 is 0. The maximum absolute atomic E-state index is 12.0. The number of nitro benzene ring substituents is 1. The molecule has 22 heavy (non-hydrogen) atoms. The molecule has 2 N–H and O–H groups in total. The Balaban J connectivity index is 1.91. The fraction of sp³-hybridized carbons (Fsp3) is 0.467. The number of non-ortho nitro benzene ring substituents is 1. The van der Waals surface area contributed by atoms with Crippen molar-refractivity contribution in [3.8, 4) is 6.07 Å². The molecule has 0 heterocycles. The van der Waals surface area contributed by atoms with Crippen LogP contribution in [0.5, 0.6) is 0 Å². The predicted octanol–water partition coefficient (Wildman–Crippen LogP) is 2.35. The number of nitro groups is 1. The molecule has 7 nitrogen and oxygen atoms in total. The minimum Gasteiger partial charge on any atom is -0.376 e. The Morgan fingerprint density at radius 1 is 1.36 bits per heavy atom. The van der Waals surface area contributed by atoms with E-state index >= 15 is 0 Å². The van der Waals surface area contributed by atoms with Crippen LogP contribution < -0.4 is 10.6 Å². The van der Waals surface area contributed by atoms with Crippen LogP contribution in [0.2, 0.25) is 0 Å². The Bertz CT molecular complexity index is 603. The molecule has 0 saturated heterocycles. The second-order valence-electron chi connectivity index (χ2n) is 5.46. The van der Waals surface area contributed by atoms with Gasteiger partial charge in [0.1, 0.15) is 5.54 Å². The van der Waals surface area contributed by atoms with E-state index in [9.17, 15) is 20.2 Å². The molecule has 1 aromatic carbocycles. The molecule has 1 fully saturated rings. The Hall–Kier alpha value is -2.62. The van der Waals surface area contributed by atoms with E-state index in [1.165, 1.54) is 12.1 Å². The third kappa shape index (κ3) is 3.95. The highest BCUT2D eigenvalue weighted by Crippen LogP contribution is 2.27. The van der Waals surface area contributed by atoms with Crippen molar-refractivity contribution in [3.05, 3.63) is 34.4 Å². The van der Waals surface area contributed by atoms with E-state index in [2.05, 4.69) is 16.7 Å². The van der Waals surface area contributed by atoms with Gasteiger partial charge in [-0.3, -0.25) is 14.9 Å². The van der Waals surface area contributed by atoms with Crippen molar-refractivity contribution >= 4 is 17.3 Å². The molecule has 7 heteroatoms. The summed E-state index contributed by atoms with van der Waals surface area (Å²) in [6, 6.07) is 8.18. The van der Waals surface area contributed by atoms with E-state index in [4.69, 9.17) is 0 Å². The second kappa shape index (κ2) is 6.89. The number of rotatable bonds is 5. The van der Waals surface area contributed by atoms with Crippen LogP contribution in [0.25, 0.3) is 0 Å². The third-order valence-corrected chi connectivity index (χ3v) is 3.81. The topological polar surface area (TPSA) is 108 Å². The first-order valence-electron chi connectivity index (χ1n) is 7.25. The van der Waals surface area contributed by atoms with Crippen LogP contribution in [0.4, 0.5) is 11.4 Å². The first-order valence-corrected chi connectivity index (χ1v) is 7.25. The number of benzene rings is 1. The van der Waals surface area contributed by atoms with Crippen molar-refractivity contribution in [2.75, 3.05) is 11.9 Å². The summed E-state index contributed by atoms with van der Waals surface area (Å²) in [5.74, 6) is -0.282. The summed E-state index contributed by atoms with van der Waals surface area (Å²) in [6.45, 7) is -0.0232. The van der Waals surface area contributed by atoms with Gasteiger partial charge in [0.05, 0.1) is 17.5 Å². The lowest BCUT2D eigenvalue weighted by molar-refractivity contribution is -0.384. The first kappa shape index (κ1) is 15.8. The predicted molar refractivity (Wildman–Crippen MR) is 81.2 cm³/mol. The summed E-state index contributed by atoms with van der Waals surface area (Å²) in [5, 5.41) is 25.6. The number of anilines is 1. The van der Waals surface area contributed by atoms with Crippen molar-refractivity contribution in [2.45, 2.75) is 37.6 Å².